The molecule has 0 aliphatic rings. The van der Waals surface area contributed by atoms with Crippen LogP contribution in [0.2, 0.25) is 0 Å². The van der Waals surface area contributed by atoms with Gasteiger partial charge in [0.2, 0.25) is 0 Å². The van der Waals surface area contributed by atoms with Crippen molar-refractivity contribution in [3.63, 3.8) is 0 Å². The summed E-state index contributed by atoms with van der Waals surface area (Å²) in [4.78, 5) is 0. The van der Waals surface area contributed by atoms with Crippen LogP contribution in [0.5, 0.6) is 0 Å². The standard InChI is InChI=1S/C27H40/c1-10-13-18-26(16-11-2,21-15-23(4)5)19-14-20-27(17-12-3,25(8)9)22-24(6)7/h10-11,14,20,24-25H,1-2,4,12,16-17,19,22H2,3,5-9H3. The average Bonchev–Trinajstić information content (AvgIpc) is 2.57. The van der Waals surface area contributed by atoms with E-state index in [9.17, 15) is 0 Å². The largest absolute Gasteiger partial charge is 0.103 e. The molecule has 0 spiro atoms. The van der Waals surface area contributed by atoms with Crippen molar-refractivity contribution in [1.29, 1.82) is 0 Å². The van der Waals surface area contributed by atoms with Crippen LogP contribution in [0.25, 0.3) is 0 Å². The molecule has 0 nitrogen and oxygen atoms in total. The zero-order chi connectivity index (χ0) is 20.9. The topological polar surface area (TPSA) is 0 Å². The highest BCUT2D eigenvalue weighted by Gasteiger charge is 2.31. The molecule has 148 valence electrons. The molecule has 0 fully saturated rings. The molecule has 0 saturated heterocycles. The molecule has 0 saturated carbocycles. The van der Waals surface area contributed by atoms with Crippen molar-refractivity contribution in [3.05, 3.63) is 49.6 Å². The van der Waals surface area contributed by atoms with E-state index in [2.05, 4.69) is 90.2 Å². The van der Waals surface area contributed by atoms with E-state index in [0.29, 0.717) is 11.8 Å². The van der Waals surface area contributed by atoms with Gasteiger partial charge in [-0.2, -0.15) is 0 Å². The van der Waals surface area contributed by atoms with Gasteiger partial charge >= 0.3 is 0 Å². The fourth-order valence-corrected chi connectivity index (χ4v) is 3.67. The van der Waals surface area contributed by atoms with E-state index >= 15 is 0 Å². The maximum Gasteiger partial charge on any atom is 0.0993 e. The molecule has 27 heavy (non-hydrogen) atoms. The third kappa shape index (κ3) is 9.02. The van der Waals surface area contributed by atoms with Gasteiger partial charge in [-0.1, -0.05) is 96.1 Å². The summed E-state index contributed by atoms with van der Waals surface area (Å²) < 4.78 is 0. The van der Waals surface area contributed by atoms with Crippen molar-refractivity contribution in [2.24, 2.45) is 22.7 Å². The number of hydrogen-bond donors (Lipinski definition) is 0. The minimum absolute atomic E-state index is 0.233. The molecular formula is C27H40. The lowest BCUT2D eigenvalue weighted by Gasteiger charge is -2.37. The molecule has 0 heteroatoms. The molecule has 0 aliphatic heterocycles. The Morgan fingerprint density at radius 2 is 1.74 bits per heavy atom. The molecule has 0 heterocycles. The van der Waals surface area contributed by atoms with Crippen LogP contribution in [-0.2, 0) is 0 Å². The lowest BCUT2D eigenvalue weighted by molar-refractivity contribution is 0.194. The Bertz CT molecular complexity index is 635. The lowest BCUT2D eigenvalue weighted by atomic mass is 9.68. The first-order valence-corrected chi connectivity index (χ1v) is 10.3. The highest BCUT2D eigenvalue weighted by Crippen LogP contribution is 2.41. The van der Waals surface area contributed by atoms with Crippen LogP contribution >= 0.6 is 0 Å². The van der Waals surface area contributed by atoms with Gasteiger partial charge in [0, 0.05) is 0 Å². The first-order chi connectivity index (χ1) is 12.7. The Labute approximate surface area is 169 Å². The molecule has 0 aromatic carbocycles. The number of allylic oxidation sites excluding steroid dienone is 5. The van der Waals surface area contributed by atoms with Crippen LogP contribution < -0.4 is 0 Å². The molecule has 0 aliphatic carbocycles. The Morgan fingerprint density at radius 3 is 2.19 bits per heavy atom. The summed E-state index contributed by atoms with van der Waals surface area (Å²) in [6, 6.07) is 0. The second-order valence-electron chi connectivity index (χ2n) is 8.42. The highest BCUT2D eigenvalue weighted by atomic mass is 14.4. The van der Waals surface area contributed by atoms with Crippen molar-refractivity contribution in [2.75, 3.05) is 0 Å². The maximum absolute atomic E-state index is 3.93. The van der Waals surface area contributed by atoms with Crippen molar-refractivity contribution in [1.82, 2.24) is 0 Å². The Hall–Kier alpha value is -1.92. The van der Waals surface area contributed by atoms with Crippen LogP contribution in [0.3, 0.4) is 0 Å². The van der Waals surface area contributed by atoms with Crippen molar-refractivity contribution in [2.45, 2.75) is 73.6 Å². The molecule has 0 aromatic heterocycles. The van der Waals surface area contributed by atoms with Gasteiger partial charge in [-0.05, 0) is 61.5 Å². The van der Waals surface area contributed by atoms with Crippen LogP contribution in [0.1, 0.15) is 73.6 Å². The summed E-state index contributed by atoms with van der Waals surface area (Å²) in [5.74, 6) is 14.1. The first kappa shape index (κ1) is 25.1. The minimum Gasteiger partial charge on any atom is -0.103 e. The van der Waals surface area contributed by atoms with E-state index in [-0.39, 0.29) is 5.41 Å². The molecule has 0 radical (unpaired) electrons. The third-order valence-corrected chi connectivity index (χ3v) is 4.99. The van der Waals surface area contributed by atoms with Gasteiger partial charge in [-0.25, -0.2) is 0 Å². The van der Waals surface area contributed by atoms with E-state index in [0.717, 1.165) is 18.4 Å². The first-order valence-electron chi connectivity index (χ1n) is 10.3. The van der Waals surface area contributed by atoms with Crippen molar-refractivity contribution >= 4 is 0 Å². The number of hydrogen-bond acceptors (Lipinski definition) is 0. The zero-order valence-electron chi connectivity index (χ0n) is 18.6. The second kappa shape index (κ2) is 12.5. The fraction of sp³-hybridized carbons (Fsp3) is 0.556. The highest BCUT2D eigenvalue weighted by molar-refractivity contribution is 5.36. The lowest BCUT2D eigenvalue weighted by Crippen LogP contribution is -2.27. The van der Waals surface area contributed by atoms with Crippen LogP contribution in [0.15, 0.2) is 49.6 Å². The van der Waals surface area contributed by atoms with E-state index in [4.69, 9.17) is 0 Å². The summed E-state index contributed by atoms with van der Waals surface area (Å²) >= 11 is 0. The quantitative estimate of drug-likeness (QED) is 0.274. The smallest absolute Gasteiger partial charge is 0.0993 e. The summed E-state index contributed by atoms with van der Waals surface area (Å²) in [7, 11) is 0. The summed E-state index contributed by atoms with van der Waals surface area (Å²) in [5, 5.41) is 0. The third-order valence-electron chi connectivity index (χ3n) is 4.99. The van der Waals surface area contributed by atoms with E-state index in [1.54, 1.807) is 6.08 Å². The monoisotopic (exact) mass is 364 g/mol. The normalized spacial score (nSPS) is 15.3. The zero-order valence-corrected chi connectivity index (χ0v) is 18.6. The van der Waals surface area contributed by atoms with E-state index in [1.807, 2.05) is 13.0 Å². The van der Waals surface area contributed by atoms with E-state index < -0.39 is 5.41 Å². The van der Waals surface area contributed by atoms with Crippen LogP contribution in [0, 0.1) is 46.3 Å². The molecule has 0 N–H and O–H groups in total. The Kier molecular flexibility index (Phi) is 11.6. The molecule has 2 atom stereocenters. The minimum atomic E-state index is -0.432. The van der Waals surface area contributed by atoms with Gasteiger partial charge in [-0.15, -0.1) is 6.58 Å². The summed E-state index contributed by atoms with van der Waals surface area (Å²) in [5.41, 5.74) is 0.657. The molecular weight excluding hydrogens is 324 g/mol. The molecule has 0 bridgehead atoms. The summed E-state index contributed by atoms with van der Waals surface area (Å²) in [6.45, 7) is 25.1. The molecule has 0 amide bonds. The maximum atomic E-state index is 3.93. The Morgan fingerprint density at radius 1 is 1.07 bits per heavy atom. The van der Waals surface area contributed by atoms with Crippen LogP contribution in [0.4, 0.5) is 0 Å². The van der Waals surface area contributed by atoms with Gasteiger partial charge in [-0.3, -0.25) is 0 Å². The van der Waals surface area contributed by atoms with Crippen molar-refractivity contribution < 1.29 is 0 Å². The summed E-state index contributed by atoms with van der Waals surface area (Å²) in [6.07, 6.45) is 13.4. The van der Waals surface area contributed by atoms with Gasteiger partial charge in [0.1, 0.15) is 0 Å². The van der Waals surface area contributed by atoms with Gasteiger partial charge in [0.05, 0.1) is 5.41 Å². The van der Waals surface area contributed by atoms with Crippen LogP contribution in [-0.4, -0.2) is 0 Å². The average molecular weight is 365 g/mol. The Balaban J connectivity index is 5.94. The van der Waals surface area contributed by atoms with Crippen molar-refractivity contribution in [3.8, 4) is 23.7 Å². The molecule has 0 aromatic rings. The predicted molar refractivity (Wildman–Crippen MR) is 123 cm³/mol. The van der Waals surface area contributed by atoms with Gasteiger partial charge in [0.25, 0.3) is 0 Å². The number of rotatable bonds is 10. The molecule has 0 rings (SSSR count). The molecule has 2 unspecified atom stereocenters. The second-order valence-corrected chi connectivity index (χ2v) is 8.42. The van der Waals surface area contributed by atoms with Gasteiger partial charge < -0.3 is 0 Å². The SMILES string of the molecule is C=CC#CC(C#CC(=C)C)(CC=C)CC=CC(CCC)(CC(C)C)C(C)C. The predicted octanol–water partition coefficient (Wildman–Crippen LogP) is 7.75. The fourth-order valence-electron chi connectivity index (χ4n) is 3.67. The van der Waals surface area contributed by atoms with Gasteiger partial charge in [0.15, 0.2) is 0 Å². The van der Waals surface area contributed by atoms with E-state index in [1.165, 1.54) is 19.3 Å².